The zero-order valence-corrected chi connectivity index (χ0v) is 30.8. The highest BCUT2D eigenvalue weighted by atomic mass is 32.1. The van der Waals surface area contributed by atoms with E-state index in [1.54, 1.807) is 24.3 Å². The molecule has 2 aromatic heterocycles. The Balaban J connectivity index is 1.17. The maximum Gasteiger partial charge on any atom is 0.115 e. The lowest BCUT2D eigenvalue weighted by Gasteiger charge is -2.34. The molecule has 8 aromatic carbocycles. The van der Waals surface area contributed by atoms with Crippen LogP contribution in [-0.4, -0.2) is 18.8 Å². The topological polar surface area (TPSA) is 50.3 Å². The van der Waals surface area contributed by atoms with Gasteiger partial charge < -0.3 is 14.8 Å². The molecule has 5 heteroatoms. The maximum absolute atomic E-state index is 10.6. The Morgan fingerprint density at radius 3 is 1.38 bits per heavy atom. The number of phenols is 2. The second kappa shape index (κ2) is 11.7. The largest absolute Gasteiger partial charge is 0.508 e. The van der Waals surface area contributed by atoms with Crippen molar-refractivity contribution in [3.63, 3.8) is 0 Å². The van der Waals surface area contributed by atoms with E-state index < -0.39 is 5.41 Å². The van der Waals surface area contributed by atoms with Crippen molar-refractivity contribution in [3.05, 3.63) is 192 Å². The molecule has 1 aliphatic carbocycles. The van der Waals surface area contributed by atoms with Gasteiger partial charge in [-0.15, -0.1) is 0 Å². The summed E-state index contributed by atoms with van der Waals surface area (Å²) >= 11 is 4.84. The van der Waals surface area contributed by atoms with Crippen LogP contribution in [0.3, 0.4) is 0 Å². The summed E-state index contributed by atoms with van der Waals surface area (Å²) in [4.78, 5) is 0. The van der Waals surface area contributed by atoms with E-state index in [0.717, 1.165) is 72.1 Å². The van der Waals surface area contributed by atoms with Crippen LogP contribution >= 0.6 is 12.8 Å². The van der Waals surface area contributed by atoms with Crippen molar-refractivity contribution in [2.45, 2.75) is 5.41 Å². The van der Waals surface area contributed by atoms with Crippen LogP contribution < -0.4 is 0 Å². The summed E-state index contributed by atoms with van der Waals surface area (Å²) in [5.74, 6) is 0.427. The molecule has 10 aromatic rings. The van der Waals surface area contributed by atoms with Crippen LogP contribution in [0.4, 0.5) is 0 Å². The van der Waals surface area contributed by atoms with Gasteiger partial charge in [-0.25, -0.2) is 0 Å². The van der Waals surface area contributed by atoms with E-state index in [0.29, 0.717) is 0 Å². The third-order valence-electron chi connectivity index (χ3n) is 12.0. The minimum atomic E-state index is -0.757. The molecule has 0 fully saturated rings. The molecule has 4 nitrogen and oxygen atoms in total. The third-order valence-corrected chi connectivity index (χ3v) is 12.4. The van der Waals surface area contributed by atoms with Gasteiger partial charge in [0.05, 0.1) is 16.4 Å². The molecule has 0 bridgehead atoms. The minimum Gasteiger partial charge on any atom is -0.508 e. The zero-order chi connectivity index (χ0) is 37.0. The van der Waals surface area contributed by atoms with Gasteiger partial charge in [-0.05, 0) is 128 Å². The van der Waals surface area contributed by atoms with Crippen molar-refractivity contribution in [3.8, 4) is 44.9 Å². The number of rotatable bonds is 4. The smallest absolute Gasteiger partial charge is 0.115 e. The first kappa shape index (κ1) is 31.8. The summed E-state index contributed by atoms with van der Waals surface area (Å²) in [6.07, 6.45) is 0. The molecule has 0 saturated carbocycles. The first-order valence-corrected chi connectivity index (χ1v) is 18.9. The van der Waals surface area contributed by atoms with Crippen LogP contribution in [0.25, 0.3) is 77.0 Å². The van der Waals surface area contributed by atoms with E-state index >= 15 is 0 Å². The van der Waals surface area contributed by atoms with E-state index in [4.69, 9.17) is 12.8 Å². The molecule has 2 heterocycles. The summed E-state index contributed by atoms with van der Waals surface area (Å²) < 4.78 is 4.23. The number of aromatic nitrogens is 2. The molecule has 1 aliphatic rings. The highest BCUT2D eigenvalue weighted by molar-refractivity contribution is 7.79. The standard InChI is InChI=1S/C50H34N2O2S/c1-51-46-8-4-2-6-40(46)42-26-30(12-24-47(42)51)32-10-22-38-39-23-11-33(31-13-25-49-43(27-31)41-7-3-5-9-48(41)52(49)55)29-45(39)50(44(38)28-32,34-14-18-36(53)19-15-34)35-16-20-37(54)21-17-35/h2-29,53-55H,1H3. The summed E-state index contributed by atoms with van der Waals surface area (Å²) in [7, 11) is 2.13. The molecule has 55 heavy (non-hydrogen) atoms. The molecule has 0 saturated heterocycles. The number of para-hydroxylation sites is 2. The molecule has 262 valence electrons. The number of nitrogens with zero attached hydrogens (tertiary/aromatic N) is 2. The predicted octanol–water partition coefficient (Wildman–Crippen LogP) is 12.2. The number of hydrogen-bond donors (Lipinski definition) is 3. The number of fused-ring (bicyclic) bond motifs is 9. The van der Waals surface area contributed by atoms with Crippen LogP contribution in [0.1, 0.15) is 22.3 Å². The minimum absolute atomic E-state index is 0.214. The zero-order valence-electron chi connectivity index (χ0n) is 29.9. The molecular formula is C50H34N2O2S. The molecule has 0 atom stereocenters. The van der Waals surface area contributed by atoms with Gasteiger partial charge in [0, 0.05) is 39.6 Å². The summed E-state index contributed by atoms with van der Waals surface area (Å²) in [6.45, 7) is 0. The van der Waals surface area contributed by atoms with Gasteiger partial charge in [-0.2, -0.15) is 0 Å². The van der Waals surface area contributed by atoms with Crippen molar-refractivity contribution in [2.24, 2.45) is 7.05 Å². The number of aryl methyl sites for hydroxylation is 1. The van der Waals surface area contributed by atoms with Gasteiger partial charge >= 0.3 is 0 Å². The molecule has 0 unspecified atom stereocenters. The molecule has 2 N–H and O–H groups in total. The van der Waals surface area contributed by atoms with E-state index in [2.05, 4.69) is 127 Å². The number of hydrogen-bond acceptors (Lipinski definition) is 3. The van der Waals surface area contributed by atoms with Gasteiger partial charge in [0.2, 0.25) is 0 Å². The van der Waals surface area contributed by atoms with Crippen LogP contribution in [0.5, 0.6) is 11.5 Å². The molecule has 0 spiro atoms. The lowest BCUT2D eigenvalue weighted by atomic mass is 9.67. The Kier molecular flexibility index (Phi) is 6.74. The lowest BCUT2D eigenvalue weighted by molar-refractivity contribution is 0.475. The third kappa shape index (κ3) is 4.48. The van der Waals surface area contributed by atoms with Gasteiger partial charge in [0.15, 0.2) is 0 Å². The van der Waals surface area contributed by atoms with Gasteiger partial charge in [-0.3, -0.25) is 3.97 Å². The van der Waals surface area contributed by atoms with Crippen molar-refractivity contribution in [2.75, 3.05) is 0 Å². The first-order chi connectivity index (χ1) is 26.9. The summed E-state index contributed by atoms with van der Waals surface area (Å²) in [5.41, 5.74) is 15.0. The Morgan fingerprint density at radius 1 is 0.418 bits per heavy atom. The maximum atomic E-state index is 10.6. The Morgan fingerprint density at radius 2 is 0.818 bits per heavy atom. The van der Waals surface area contributed by atoms with Crippen LogP contribution in [0.15, 0.2) is 170 Å². The molecular weight excluding hydrogens is 693 g/mol. The van der Waals surface area contributed by atoms with E-state index in [1.165, 1.54) is 27.2 Å². The fraction of sp³-hybridized carbons (Fsp3) is 0.0400. The number of phenolic OH excluding ortho intramolecular Hbond substituents is 2. The number of aromatic hydroxyl groups is 2. The average Bonchev–Trinajstić information content (AvgIpc) is 3.80. The molecule has 0 amide bonds. The fourth-order valence-electron chi connectivity index (χ4n) is 9.37. The van der Waals surface area contributed by atoms with Crippen molar-refractivity contribution >= 4 is 56.4 Å². The SMILES string of the molecule is Cn1c2ccccc2c2cc(-c3ccc4c(c3)C(c3ccc(O)cc3)(c3ccc(O)cc3)c3cc(-c5ccc6c(c5)c5ccccc5n6S)ccc3-4)ccc21. The van der Waals surface area contributed by atoms with Crippen molar-refractivity contribution in [1.29, 1.82) is 0 Å². The predicted molar refractivity (Wildman–Crippen MR) is 229 cm³/mol. The lowest BCUT2D eigenvalue weighted by Crippen LogP contribution is -2.28. The van der Waals surface area contributed by atoms with Gasteiger partial charge in [0.1, 0.15) is 11.5 Å². The van der Waals surface area contributed by atoms with E-state index in [-0.39, 0.29) is 11.5 Å². The van der Waals surface area contributed by atoms with E-state index in [9.17, 15) is 10.2 Å². The normalized spacial score (nSPS) is 13.2. The Bertz CT molecular complexity index is 2970. The summed E-state index contributed by atoms with van der Waals surface area (Å²) in [5, 5.41) is 25.9. The highest BCUT2D eigenvalue weighted by Crippen LogP contribution is 2.58. The Hall–Kier alpha value is -6.69. The highest BCUT2D eigenvalue weighted by Gasteiger charge is 2.46. The van der Waals surface area contributed by atoms with Crippen LogP contribution in [0.2, 0.25) is 0 Å². The quantitative estimate of drug-likeness (QED) is 0.158. The van der Waals surface area contributed by atoms with Crippen molar-refractivity contribution in [1.82, 2.24) is 8.54 Å². The molecule has 11 rings (SSSR count). The number of thiol groups is 1. The molecule has 0 aliphatic heterocycles. The van der Waals surface area contributed by atoms with Gasteiger partial charge in [-0.1, -0.05) is 110 Å². The molecule has 0 radical (unpaired) electrons. The summed E-state index contributed by atoms with van der Waals surface area (Å²) in [6, 6.07) is 59.3. The van der Waals surface area contributed by atoms with Crippen LogP contribution in [-0.2, 0) is 12.5 Å². The average molecular weight is 727 g/mol. The van der Waals surface area contributed by atoms with Crippen molar-refractivity contribution < 1.29 is 10.2 Å². The second-order valence-corrected chi connectivity index (χ2v) is 15.1. The first-order valence-electron chi connectivity index (χ1n) is 18.5. The second-order valence-electron chi connectivity index (χ2n) is 14.7. The number of benzene rings is 8. The fourth-order valence-corrected chi connectivity index (χ4v) is 9.72. The van der Waals surface area contributed by atoms with Crippen LogP contribution in [0, 0.1) is 0 Å². The monoisotopic (exact) mass is 726 g/mol. The Labute approximate surface area is 323 Å². The van der Waals surface area contributed by atoms with Gasteiger partial charge in [0.25, 0.3) is 0 Å². The van der Waals surface area contributed by atoms with E-state index in [1.807, 2.05) is 34.3 Å².